The Bertz CT molecular complexity index is 852. The van der Waals surface area contributed by atoms with Crippen molar-refractivity contribution in [3.63, 3.8) is 0 Å². The molecule has 4 amide bonds. The van der Waals surface area contributed by atoms with Gasteiger partial charge in [-0.15, -0.1) is 0 Å². The molecule has 1 aromatic rings. The Balaban J connectivity index is 1.56. The van der Waals surface area contributed by atoms with Crippen molar-refractivity contribution < 1.29 is 27.5 Å². The Morgan fingerprint density at radius 2 is 2.00 bits per heavy atom. The second-order valence-corrected chi connectivity index (χ2v) is 8.87. The van der Waals surface area contributed by atoms with Crippen LogP contribution in [0.3, 0.4) is 0 Å². The minimum Gasteiger partial charge on any atom is -0.497 e. The summed E-state index contributed by atoms with van der Waals surface area (Å²) in [6.07, 6.45) is 0.142. The van der Waals surface area contributed by atoms with E-state index in [4.69, 9.17) is 4.74 Å². The zero-order valence-electron chi connectivity index (χ0n) is 14.8. The molecule has 10 heteroatoms. The number of hydrogen-bond acceptors (Lipinski definition) is 6. The molecule has 0 spiro atoms. The Labute approximate surface area is 157 Å². The first-order valence-corrected chi connectivity index (χ1v) is 10.3. The van der Waals surface area contributed by atoms with E-state index in [1.807, 2.05) is 0 Å². The molecular weight excluding hydrogens is 374 g/mol. The van der Waals surface area contributed by atoms with E-state index in [0.717, 1.165) is 10.5 Å². The zero-order chi connectivity index (χ0) is 19.6. The topological polar surface area (TPSA) is 122 Å². The third kappa shape index (κ3) is 4.57. The Hall–Kier alpha value is -2.62. The molecule has 0 bridgehead atoms. The number of urea groups is 1. The monoisotopic (exact) mass is 395 g/mol. The van der Waals surface area contributed by atoms with Crippen LogP contribution < -0.4 is 15.4 Å². The number of carbonyl (C=O) groups excluding carboxylic acids is 3. The molecular formula is C17H21N3O6S. The van der Waals surface area contributed by atoms with Gasteiger partial charge in [-0.1, -0.05) is 12.1 Å². The van der Waals surface area contributed by atoms with Crippen molar-refractivity contribution in [2.24, 2.45) is 0 Å². The number of rotatable bonds is 6. The van der Waals surface area contributed by atoms with Gasteiger partial charge in [0.15, 0.2) is 9.84 Å². The fraction of sp³-hybridized carbons (Fsp3) is 0.471. The highest BCUT2D eigenvalue weighted by atomic mass is 32.2. The Morgan fingerprint density at radius 3 is 2.59 bits per heavy atom. The summed E-state index contributed by atoms with van der Waals surface area (Å²) in [7, 11) is -1.56. The number of sulfone groups is 1. The molecule has 2 atom stereocenters. The molecule has 1 aromatic carbocycles. The van der Waals surface area contributed by atoms with Gasteiger partial charge < -0.3 is 15.4 Å². The van der Waals surface area contributed by atoms with E-state index >= 15 is 0 Å². The first-order valence-electron chi connectivity index (χ1n) is 8.52. The van der Waals surface area contributed by atoms with E-state index in [9.17, 15) is 22.8 Å². The van der Waals surface area contributed by atoms with E-state index in [1.165, 1.54) is 0 Å². The number of benzene rings is 1. The maximum atomic E-state index is 12.5. The second kappa shape index (κ2) is 7.55. The van der Waals surface area contributed by atoms with Gasteiger partial charge in [-0.05, 0) is 24.1 Å². The molecule has 0 radical (unpaired) electrons. The van der Waals surface area contributed by atoms with E-state index < -0.39 is 39.8 Å². The van der Waals surface area contributed by atoms with Crippen molar-refractivity contribution in [3.8, 4) is 5.75 Å². The van der Waals surface area contributed by atoms with Crippen LogP contribution in [0.2, 0.25) is 0 Å². The number of nitrogens with one attached hydrogen (secondary N) is 2. The fourth-order valence-corrected chi connectivity index (χ4v) is 4.83. The van der Waals surface area contributed by atoms with Crippen molar-refractivity contribution in [1.29, 1.82) is 0 Å². The van der Waals surface area contributed by atoms with Crippen molar-refractivity contribution in [3.05, 3.63) is 29.8 Å². The highest BCUT2D eigenvalue weighted by Crippen LogP contribution is 2.17. The van der Waals surface area contributed by atoms with Crippen LogP contribution in [0.25, 0.3) is 0 Å². The summed E-state index contributed by atoms with van der Waals surface area (Å²) in [6, 6.07) is 5.01. The van der Waals surface area contributed by atoms with Crippen molar-refractivity contribution in [2.45, 2.75) is 31.5 Å². The zero-order valence-corrected chi connectivity index (χ0v) is 15.6. The van der Waals surface area contributed by atoms with Gasteiger partial charge in [-0.2, -0.15) is 0 Å². The van der Waals surface area contributed by atoms with Crippen LogP contribution in [-0.4, -0.2) is 61.9 Å². The van der Waals surface area contributed by atoms with Crippen molar-refractivity contribution in [2.75, 3.05) is 18.6 Å². The first-order chi connectivity index (χ1) is 12.8. The first kappa shape index (κ1) is 19.2. The normalized spacial score (nSPS) is 24.0. The van der Waals surface area contributed by atoms with Crippen LogP contribution in [0.5, 0.6) is 5.75 Å². The summed E-state index contributed by atoms with van der Waals surface area (Å²) >= 11 is 0. The number of nitrogens with zero attached hydrogens (tertiary/aromatic N) is 1. The second-order valence-electron chi connectivity index (χ2n) is 6.65. The molecule has 0 aliphatic carbocycles. The molecule has 2 aliphatic heterocycles. The summed E-state index contributed by atoms with van der Waals surface area (Å²) in [4.78, 5) is 37.7. The lowest BCUT2D eigenvalue weighted by Gasteiger charge is -2.14. The van der Waals surface area contributed by atoms with E-state index in [1.54, 1.807) is 31.4 Å². The molecule has 2 saturated heterocycles. The van der Waals surface area contributed by atoms with Crippen LogP contribution in [-0.2, 0) is 26.0 Å². The standard InChI is InChI=1S/C17H21N3O6S/c1-26-13-4-2-11(3-5-13)9-20-16(22)14(19-17(20)23)8-15(21)18-12-6-7-27(24,25)10-12/h2-5,12,14H,6-10H2,1H3,(H,18,21)(H,19,23)/t12?,14-/m0/s1. The molecule has 2 N–H and O–H groups in total. The van der Waals surface area contributed by atoms with Crippen molar-refractivity contribution in [1.82, 2.24) is 15.5 Å². The van der Waals surface area contributed by atoms with Crippen LogP contribution in [0.15, 0.2) is 24.3 Å². The van der Waals surface area contributed by atoms with Gasteiger partial charge in [0.25, 0.3) is 5.91 Å². The van der Waals surface area contributed by atoms with Gasteiger partial charge >= 0.3 is 6.03 Å². The van der Waals surface area contributed by atoms with E-state index in [0.29, 0.717) is 12.2 Å². The average Bonchev–Trinajstić information content (AvgIpc) is 3.08. The molecule has 9 nitrogen and oxygen atoms in total. The molecule has 146 valence electrons. The lowest BCUT2D eigenvalue weighted by atomic mass is 10.1. The van der Waals surface area contributed by atoms with E-state index in [-0.39, 0.29) is 24.5 Å². The van der Waals surface area contributed by atoms with Gasteiger partial charge in [-0.3, -0.25) is 14.5 Å². The third-order valence-electron chi connectivity index (χ3n) is 4.59. The quantitative estimate of drug-likeness (QED) is 0.644. The fourth-order valence-electron chi connectivity index (χ4n) is 3.16. The summed E-state index contributed by atoms with van der Waals surface area (Å²) in [5, 5.41) is 5.12. The smallest absolute Gasteiger partial charge is 0.325 e. The van der Waals surface area contributed by atoms with Gasteiger partial charge in [-0.25, -0.2) is 13.2 Å². The van der Waals surface area contributed by atoms with Crippen LogP contribution in [0, 0.1) is 0 Å². The van der Waals surface area contributed by atoms with Crippen molar-refractivity contribution >= 4 is 27.7 Å². The molecule has 0 aromatic heterocycles. The minimum absolute atomic E-state index is 0.0483. The average molecular weight is 395 g/mol. The van der Waals surface area contributed by atoms with Gasteiger partial charge in [0.05, 0.1) is 31.6 Å². The van der Waals surface area contributed by atoms with Gasteiger partial charge in [0, 0.05) is 6.04 Å². The molecule has 3 rings (SSSR count). The SMILES string of the molecule is COc1ccc(CN2C(=O)N[C@@H](CC(=O)NC3CCS(=O)(=O)C3)C2=O)cc1. The predicted molar refractivity (Wildman–Crippen MR) is 95.7 cm³/mol. The van der Waals surface area contributed by atoms with Gasteiger partial charge in [0.1, 0.15) is 11.8 Å². The minimum atomic E-state index is -3.10. The number of methoxy groups -OCH3 is 1. The summed E-state index contributed by atoms with van der Waals surface area (Å²) in [5.41, 5.74) is 0.751. The van der Waals surface area contributed by atoms with Gasteiger partial charge in [0.2, 0.25) is 5.91 Å². The molecule has 1 unspecified atom stereocenters. The summed E-state index contributed by atoms with van der Waals surface area (Å²) in [6.45, 7) is 0.0909. The van der Waals surface area contributed by atoms with Crippen LogP contribution in [0.1, 0.15) is 18.4 Å². The Morgan fingerprint density at radius 1 is 1.30 bits per heavy atom. The molecule has 2 heterocycles. The number of amides is 4. The highest BCUT2D eigenvalue weighted by Gasteiger charge is 2.39. The highest BCUT2D eigenvalue weighted by molar-refractivity contribution is 7.91. The maximum absolute atomic E-state index is 12.5. The predicted octanol–water partition coefficient (Wildman–Crippen LogP) is -0.191. The number of imide groups is 1. The lowest BCUT2D eigenvalue weighted by Crippen LogP contribution is -2.41. The molecule has 2 aliphatic rings. The Kier molecular flexibility index (Phi) is 5.36. The molecule has 0 saturated carbocycles. The largest absolute Gasteiger partial charge is 0.497 e. The lowest BCUT2D eigenvalue weighted by molar-refractivity contribution is -0.131. The maximum Gasteiger partial charge on any atom is 0.325 e. The summed E-state index contributed by atoms with van der Waals surface area (Å²) in [5.74, 6) is -0.313. The molecule has 2 fully saturated rings. The molecule has 27 heavy (non-hydrogen) atoms. The number of carbonyl (C=O) groups is 3. The van der Waals surface area contributed by atoms with E-state index in [2.05, 4.69) is 10.6 Å². The number of hydrogen-bond donors (Lipinski definition) is 2. The van der Waals surface area contributed by atoms with Crippen LogP contribution >= 0.6 is 0 Å². The third-order valence-corrected chi connectivity index (χ3v) is 6.36. The number of ether oxygens (including phenoxy) is 1. The summed E-state index contributed by atoms with van der Waals surface area (Å²) < 4.78 is 28.0. The van der Waals surface area contributed by atoms with Crippen LogP contribution in [0.4, 0.5) is 4.79 Å².